The van der Waals surface area contributed by atoms with Crippen LogP contribution in [0.3, 0.4) is 0 Å². The van der Waals surface area contributed by atoms with Gasteiger partial charge in [-0.25, -0.2) is 5.43 Å². The number of carbonyl (C=O) groups is 1. The summed E-state index contributed by atoms with van der Waals surface area (Å²) in [6, 6.07) is 5.99. The highest BCUT2D eigenvalue weighted by Crippen LogP contribution is 2.40. The molecule has 160 valence electrons. The first kappa shape index (κ1) is 20.9. The van der Waals surface area contributed by atoms with Crippen molar-refractivity contribution in [2.24, 2.45) is 22.4 Å². The van der Waals surface area contributed by atoms with E-state index >= 15 is 0 Å². The van der Waals surface area contributed by atoms with E-state index in [0.29, 0.717) is 11.3 Å². The Morgan fingerprint density at radius 1 is 1.33 bits per heavy atom. The van der Waals surface area contributed by atoms with Crippen molar-refractivity contribution < 1.29 is 14.3 Å². The molecule has 5 nitrogen and oxygen atoms in total. The maximum absolute atomic E-state index is 12.7. The van der Waals surface area contributed by atoms with E-state index in [1.807, 2.05) is 23.6 Å². The van der Waals surface area contributed by atoms with Crippen LogP contribution in [-0.4, -0.2) is 18.9 Å². The zero-order valence-electron chi connectivity index (χ0n) is 18.2. The largest absolute Gasteiger partial charge is 0.454 e. The zero-order valence-corrected chi connectivity index (χ0v) is 19.0. The maximum atomic E-state index is 12.7. The number of ether oxygens (including phenoxy) is 2. The number of hydrazone groups is 1. The van der Waals surface area contributed by atoms with Crippen molar-refractivity contribution in [2.75, 3.05) is 6.79 Å². The van der Waals surface area contributed by atoms with E-state index in [1.54, 1.807) is 17.6 Å². The van der Waals surface area contributed by atoms with Crippen LogP contribution in [0, 0.1) is 17.3 Å². The van der Waals surface area contributed by atoms with Crippen LogP contribution in [0.5, 0.6) is 11.5 Å². The third-order valence-corrected chi connectivity index (χ3v) is 7.17. The van der Waals surface area contributed by atoms with Gasteiger partial charge < -0.3 is 9.47 Å². The van der Waals surface area contributed by atoms with Gasteiger partial charge >= 0.3 is 0 Å². The van der Waals surface area contributed by atoms with Gasteiger partial charge in [-0.3, -0.25) is 4.79 Å². The van der Waals surface area contributed by atoms with Gasteiger partial charge in [0.15, 0.2) is 11.5 Å². The molecule has 0 unspecified atom stereocenters. The van der Waals surface area contributed by atoms with Gasteiger partial charge in [0, 0.05) is 16.5 Å². The number of carbonyl (C=O) groups excluding carboxylic acids is 1. The van der Waals surface area contributed by atoms with Crippen LogP contribution in [0.1, 0.15) is 60.5 Å². The second kappa shape index (κ2) is 8.42. The van der Waals surface area contributed by atoms with Crippen LogP contribution in [0.2, 0.25) is 0 Å². The summed E-state index contributed by atoms with van der Waals surface area (Å²) in [4.78, 5) is 14.0. The fraction of sp³-hybridized carbons (Fsp3) is 0.500. The molecule has 1 aromatic carbocycles. The van der Waals surface area contributed by atoms with E-state index in [9.17, 15) is 4.79 Å². The number of nitrogens with one attached hydrogen (secondary N) is 1. The smallest absolute Gasteiger partial charge is 0.272 e. The molecule has 6 heteroatoms. The Morgan fingerprint density at radius 2 is 2.13 bits per heavy atom. The number of amides is 1. The minimum atomic E-state index is -0.103. The van der Waals surface area contributed by atoms with Crippen molar-refractivity contribution in [3.8, 4) is 11.5 Å². The summed E-state index contributed by atoms with van der Waals surface area (Å²) in [6.07, 6.45) is 5.82. The van der Waals surface area contributed by atoms with Crippen molar-refractivity contribution in [3.63, 3.8) is 0 Å². The van der Waals surface area contributed by atoms with Gasteiger partial charge in [-0.05, 0) is 66.2 Å². The minimum Gasteiger partial charge on any atom is -0.454 e. The normalized spacial score (nSPS) is 19.0. The number of rotatable bonds is 5. The Hall–Kier alpha value is -2.34. The Kier molecular flexibility index (Phi) is 5.87. The predicted octanol–water partition coefficient (Wildman–Crippen LogP) is 5.22. The molecule has 0 spiro atoms. The summed E-state index contributed by atoms with van der Waals surface area (Å²) in [5, 5.41) is 6.22. The van der Waals surface area contributed by atoms with Gasteiger partial charge in [-0.1, -0.05) is 33.8 Å². The number of thiophene rings is 1. The molecule has 2 atom stereocenters. The van der Waals surface area contributed by atoms with Gasteiger partial charge in [0.1, 0.15) is 0 Å². The number of hydrogen-bond donors (Lipinski definition) is 1. The second-order valence-electron chi connectivity index (χ2n) is 9.44. The Balaban J connectivity index is 1.33. The van der Waals surface area contributed by atoms with Crippen molar-refractivity contribution >= 4 is 23.5 Å². The van der Waals surface area contributed by atoms with E-state index in [2.05, 4.69) is 38.2 Å². The minimum absolute atomic E-state index is 0.103. The lowest BCUT2D eigenvalue weighted by Gasteiger charge is -2.33. The molecule has 1 aliphatic heterocycles. The van der Waals surface area contributed by atoms with Crippen LogP contribution in [-0.2, 0) is 19.3 Å². The fourth-order valence-electron chi connectivity index (χ4n) is 4.22. The third-order valence-electron chi connectivity index (χ3n) is 6.11. The number of nitrogens with zero attached hydrogens (tertiary/aromatic N) is 1. The molecule has 2 aromatic rings. The standard InChI is InChI=1S/C24H30N2O3S/c1-15(9-16-5-8-20-21(10-16)29-14-28-20)12-25-26-23(27)19-13-30-22-11-17(24(2,3)4)6-7-18(19)22/h5,8,10,12-13,15,17H,6-7,9,11,14H2,1-4H3,(H,26,27)/b25-12+/t15-,17-/m0/s1. The van der Waals surface area contributed by atoms with Gasteiger partial charge in [0.05, 0.1) is 5.56 Å². The Morgan fingerprint density at radius 3 is 2.93 bits per heavy atom. The van der Waals surface area contributed by atoms with E-state index in [4.69, 9.17) is 9.47 Å². The third kappa shape index (κ3) is 4.53. The molecule has 0 bridgehead atoms. The lowest BCUT2D eigenvalue weighted by molar-refractivity contribution is 0.0954. The van der Waals surface area contributed by atoms with E-state index in [1.165, 1.54) is 10.4 Å². The molecular weight excluding hydrogens is 396 g/mol. The van der Waals surface area contributed by atoms with E-state index < -0.39 is 0 Å². The van der Waals surface area contributed by atoms with Crippen molar-refractivity contribution in [3.05, 3.63) is 45.1 Å². The lowest BCUT2D eigenvalue weighted by atomic mass is 9.72. The molecule has 1 aromatic heterocycles. The summed E-state index contributed by atoms with van der Waals surface area (Å²) in [7, 11) is 0. The van der Waals surface area contributed by atoms with Crippen LogP contribution in [0.15, 0.2) is 28.7 Å². The van der Waals surface area contributed by atoms with Crippen LogP contribution < -0.4 is 14.9 Å². The molecule has 0 saturated heterocycles. The van der Waals surface area contributed by atoms with Crippen molar-refractivity contribution in [2.45, 2.75) is 53.4 Å². The van der Waals surface area contributed by atoms with Gasteiger partial charge in [0.2, 0.25) is 6.79 Å². The monoisotopic (exact) mass is 426 g/mol. The van der Waals surface area contributed by atoms with Gasteiger partial charge in [-0.15, -0.1) is 11.3 Å². The topological polar surface area (TPSA) is 59.9 Å². The van der Waals surface area contributed by atoms with Crippen molar-refractivity contribution in [1.29, 1.82) is 0 Å². The first-order valence-electron chi connectivity index (χ1n) is 10.6. The molecule has 1 N–H and O–H groups in total. The average Bonchev–Trinajstić information content (AvgIpc) is 3.33. The summed E-state index contributed by atoms with van der Waals surface area (Å²) >= 11 is 1.72. The quantitative estimate of drug-likeness (QED) is 0.527. The summed E-state index contributed by atoms with van der Waals surface area (Å²) in [5.74, 6) is 2.35. The Labute approximate surface area is 182 Å². The highest BCUT2D eigenvalue weighted by molar-refractivity contribution is 7.10. The molecule has 1 aliphatic carbocycles. The molecule has 30 heavy (non-hydrogen) atoms. The maximum Gasteiger partial charge on any atom is 0.272 e. The summed E-state index contributed by atoms with van der Waals surface area (Å²) in [5.41, 5.74) is 6.21. The van der Waals surface area contributed by atoms with Crippen molar-refractivity contribution in [1.82, 2.24) is 5.43 Å². The van der Waals surface area contributed by atoms with Crippen LogP contribution in [0.4, 0.5) is 0 Å². The summed E-state index contributed by atoms with van der Waals surface area (Å²) < 4.78 is 10.8. The highest BCUT2D eigenvalue weighted by atomic mass is 32.1. The highest BCUT2D eigenvalue weighted by Gasteiger charge is 2.31. The first-order chi connectivity index (χ1) is 14.3. The van der Waals surface area contributed by atoms with Crippen LogP contribution >= 0.6 is 11.3 Å². The molecule has 0 fully saturated rings. The predicted molar refractivity (Wildman–Crippen MR) is 121 cm³/mol. The number of benzene rings is 1. The lowest BCUT2D eigenvalue weighted by Crippen LogP contribution is -2.27. The zero-order chi connectivity index (χ0) is 21.3. The van der Waals surface area contributed by atoms with E-state index in [-0.39, 0.29) is 18.6 Å². The Bertz CT molecular complexity index is 958. The fourth-order valence-corrected chi connectivity index (χ4v) is 5.38. The molecule has 2 aliphatic rings. The number of fused-ring (bicyclic) bond motifs is 2. The van der Waals surface area contributed by atoms with Gasteiger partial charge in [0.25, 0.3) is 5.91 Å². The molecular formula is C24H30N2O3S. The van der Waals surface area contributed by atoms with Crippen LogP contribution in [0.25, 0.3) is 0 Å². The van der Waals surface area contributed by atoms with Gasteiger partial charge in [-0.2, -0.15) is 5.10 Å². The molecule has 2 heterocycles. The average molecular weight is 427 g/mol. The molecule has 1 amide bonds. The SMILES string of the molecule is C[C@H](/C=N/NC(=O)c1csc2c1CC[C@H](C(C)(C)C)C2)Cc1ccc2c(c1)OCO2. The molecule has 0 radical (unpaired) electrons. The summed E-state index contributed by atoms with van der Waals surface area (Å²) in [6.45, 7) is 9.29. The second-order valence-corrected chi connectivity index (χ2v) is 10.4. The first-order valence-corrected chi connectivity index (χ1v) is 11.5. The van der Waals surface area contributed by atoms with E-state index in [0.717, 1.165) is 48.3 Å². The number of hydrogen-bond acceptors (Lipinski definition) is 5. The molecule has 4 rings (SSSR count). The molecule has 0 saturated carbocycles.